The standard InChI is InChI=1S/C32H22N4/c1-2-8-22(9-3-1)23-13-15-24(16-14-23)28-21-34-35-32(28)25-17-18-27-26-10-4-5-11-29(26)36(30(27)20-25)31-12-6-7-19-33-31/h1-21H,(H,34,35). The summed E-state index contributed by atoms with van der Waals surface area (Å²) in [5, 5.41) is 10.1. The number of para-hydroxylation sites is 1. The van der Waals surface area contributed by atoms with Crippen LogP contribution in [0.5, 0.6) is 0 Å². The normalized spacial score (nSPS) is 11.3. The Hall–Kier alpha value is -4.96. The third-order valence-electron chi connectivity index (χ3n) is 6.78. The van der Waals surface area contributed by atoms with Crippen LogP contribution in [0, 0.1) is 0 Å². The zero-order chi connectivity index (χ0) is 23.9. The fourth-order valence-corrected chi connectivity index (χ4v) is 5.06. The van der Waals surface area contributed by atoms with Crippen molar-refractivity contribution in [3.05, 3.63) is 128 Å². The second kappa shape index (κ2) is 8.36. The highest BCUT2D eigenvalue weighted by Gasteiger charge is 2.16. The molecule has 0 spiro atoms. The molecular formula is C32H22N4. The summed E-state index contributed by atoms with van der Waals surface area (Å²) in [5.74, 6) is 0.905. The molecule has 3 heterocycles. The topological polar surface area (TPSA) is 46.5 Å². The highest BCUT2D eigenvalue weighted by molar-refractivity contribution is 6.10. The van der Waals surface area contributed by atoms with E-state index < -0.39 is 0 Å². The molecule has 36 heavy (non-hydrogen) atoms. The molecule has 3 aromatic heterocycles. The molecule has 4 nitrogen and oxygen atoms in total. The number of benzene rings is 4. The van der Waals surface area contributed by atoms with Gasteiger partial charge in [0.2, 0.25) is 0 Å². The van der Waals surface area contributed by atoms with Crippen molar-refractivity contribution in [3.8, 4) is 39.3 Å². The first-order valence-corrected chi connectivity index (χ1v) is 12.0. The molecule has 0 aliphatic carbocycles. The first-order chi connectivity index (χ1) is 17.9. The maximum atomic E-state index is 4.66. The Kier molecular flexibility index (Phi) is 4.74. The average molecular weight is 463 g/mol. The van der Waals surface area contributed by atoms with Crippen LogP contribution in [0.1, 0.15) is 0 Å². The molecule has 0 unspecified atom stereocenters. The summed E-state index contributed by atoms with van der Waals surface area (Å²) >= 11 is 0. The van der Waals surface area contributed by atoms with Gasteiger partial charge in [0.25, 0.3) is 0 Å². The predicted molar refractivity (Wildman–Crippen MR) is 147 cm³/mol. The van der Waals surface area contributed by atoms with Gasteiger partial charge >= 0.3 is 0 Å². The Morgan fingerprint density at radius 2 is 1.25 bits per heavy atom. The van der Waals surface area contributed by atoms with Crippen molar-refractivity contribution in [1.82, 2.24) is 19.7 Å². The van der Waals surface area contributed by atoms with Crippen LogP contribution in [-0.2, 0) is 0 Å². The summed E-state index contributed by atoms with van der Waals surface area (Å²) in [7, 11) is 0. The minimum Gasteiger partial charge on any atom is -0.294 e. The molecule has 4 aromatic carbocycles. The number of fused-ring (bicyclic) bond motifs is 3. The Balaban J connectivity index is 1.37. The van der Waals surface area contributed by atoms with Crippen LogP contribution in [-0.4, -0.2) is 19.7 Å². The number of hydrogen-bond acceptors (Lipinski definition) is 2. The van der Waals surface area contributed by atoms with Gasteiger partial charge in [0.15, 0.2) is 0 Å². The van der Waals surface area contributed by atoms with E-state index in [0.717, 1.165) is 39.2 Å². The molecule has 0 aliphatic heterocycles. The van der Waals surface area contributed by atoms with E-state index >= 15 is 0 Å². The van der Waals surface area contributed by atoms with Gasteiger partial charge in [0, 0.05) is 28.1 Å². The molecule has 1 N–H and O–H groups in total. The number of nitrogens with zero attached hydrogens (tertiary/aromatic N) is 3. The molecule has 0 bridgehead atoms. The molecule has 0 radical (unpaired) electrons. The molecule has 7 rings (SSSR count). The van der Waals surface area contributed by atoms with Gasteiger partial charge in [-0.2, -0.15) is 5.10 Å². The van der Waals surface area contributed by atoms with Gasteiger partial charge in [-0.1, -0.05) is 91.0 Å². The van der Waals surface area contributed by atoms with Crippen LogP contribution in [0.4, 0.5) is 0 Å². The molecule has 0 aliphatic rings. The van der Waals surface area contributed by atoms with Crippen LogP contribution in [0.15, 0.2) is 128 Å². The maximum Gasteiger partial charge on any atom is 0.137 e. The van der Waals surface area contributed by atoms with Gasteiger partial charge in [-0.25, -0.2) is 4.98 Å². The fraction of sp³-hybridized carbons (Fsp3) is 0. The van der Waals surface area contributed by atoms with E-state index in [4.69, 9.17) is 0 Å². The van der Waals surface area contributed by atoms with Crippen LogP contribution >= 0.6 is 0 Å². The lowest BCUT2D eigenvalue weighted by Gasteiger charge is -2.09. The minimum absolute atomic E-state index is 0.905. The van der Waals surface area contributed by atoms with Crippen LogP contribution in [0.25, 0.3) is 61.1 Å². The quantitative estimate of drug-likeness (QED) is 0.289. The Morgan fingerprint density at radius 3 is 2.08 bits per heavy atom. The second-order valence-electron chi connectivity index (χ2n) is 8.87. The largest absolute Gasteiger partial charge is 0.294 e. The van der Waals surface area contributed by atoms with E-state index in [1.165, 1.54) is 21.9 Å². The monoisotopic (exact) mass is 462 g/mol. The lowest BCUT2D eigenvalue weighted by atomic mass is 9.98. The molecular weight excluding hydrogens is 440 g/mol. The minimum atomic E-state index is 0.905. The van der Waals surface area contributed by atoms with Crippen molar-refractivity contribution >= 4 is 21.8 Å². The first kappa shape index (κ1) is 20.4. The SMILES string of the molecule is c1ccc(-c2ccc(-c3cn[nH]c3-c3ccc4c5ccccc5n(-c5ccccn5)c4c3)cc2)cc1. The molecule has 7 aromatic rings. The van der Waals surface area contributed by atoms with Crippen LogP contribution < -0.4 is 0 Å². The van der Waals surface area contributed by atoms with Gasteiger partial charge in [0.1, 0.15) is 5.82 Å². The summed E-state index contributed by atoms with van der Waals surface area (Å²) in [6, 6.07) is 40.2. The summed E-state index contributed by atoms with van der Waals surface area (Å²) in [6.07, 6.45) is 3.75. The second-order valence-corrected chi connectivity index (χ2v) is 8.87. The zero-order valence-corrected chi connectivity index (χ0v) is 19.5. The molecule has 170 valence electrons. The lowest BCUT2D eigenvalue weighted by Crippen LogP contribution is -1.96. The molecule has 0 atom stereocenters. The Bertz CT molecular complexity index is 1810. The van der Waals surface area contributed by atoms with Gasteiger partial charge < -0.3 is 0 Å². The van der Waals surface area contributed by atoms with Crippen molar-refractivity contribution in [2.45, 2.75) is 0 Å². The highest BCUT2D eigenvalue weighted by atomic mass is 15.1. The van der Waals surface area contributed by atoms with Gasteiger partial charge in [-0.05, 0) is 41.0 Å². The molecule has 0 amide bonds. The third-order valence-corrected chi connectivity index (χ3v) is 6.78. The molecule has 0 saturated carbocycles. The third kappa shape index (κ3) is 3.31. The molecule has 4 heteroatoms. The Labute approximate surface area is 208 Å². The van der Waals surface area contributed by atoms with E-state index in [0.29, 0.717) is 0 Å². The summed E-state index contributed by atoms with van der Waals surface area (Å²) in [6.45, 7) is 0. The Morgan fingerprint density at radius 1 is 0.556 bits per heavy atom. The number of pyridine rings is 1. The number of aromatic amines is 1. The molecule has 0 fully saturated rings. The maximum absolute atomic E-state index is 4.66. The summed E-state index contributed by atoms with van der Waals surface area (Å²) in [4.78, 5) is 4.66. The number of hydrogen-bond donors (Lipinski definition) is 1. The van der Waals surface area contributed by atoms with Gasteiger partial charge in [0.05, 0.1) is 22.9 Å². The van der Waals surface area contributed by atoms with Gasteiger partial charge in [-0.15, -0.1) is 0 Å². The summed E-state index contributed by atoms with van der Waals surface area (Å²) in [5.41, 5.74) is 8.97. The number of rotatable bonds is 4. The van der Waals surface area contributed by atoms with Crippen molar-refractivity contribution in [1.29, 1.82) is 0 Å². The predicted octanol–water partition coefficient (Wildman–Crippen LogP) is 7.90. The van der Waals surface area contributed by atoms with E-state index in [2.05, 4.69) is 117 Å². The van der Waals surface area contributed by atoms with Crippen LogP contribution in [0.3, 0.4) is 0 Å². The fourth-order valence-electron chi connectivity index (χ4n) is 5.06. The number of aromatic nitrogens is 4. The van der Waals surface area contributed by atoms with Crippen molar-refractivity contribution in [2.24, 2.45) is 0 Å². The van der Waals surface area contributed by atoms with E-state index in [1.807, 2.05) is 30.6 Å². The molecule has 0 saturated heterocycles. The van der Waals surface area contributed by atoms with Crippen molar-refractivity contribution in [3.63, 3.8) is 0 Å². The summed E-state index contributed by atoms with van der Waals surface area (Å²) < 4.78 is 2.23. The first-order valence-electron chi connectivity index (χ1n) is 12.0. The smallest absolute Gasteiger partial charge is 0.137 e. The number of nitrogens with one attached hydrogen (secondary N) is 1. The average Bonchev–Trinajstić information content (AvgIpc) is 3.57. The lowest BCUT2D eigenvalue weighted by molar-refractivity contribution is 1.08. The van der Waals surface area contributed by atoms with Crippen molar-refractivity contribution in [2.75, 3.05) is 0 Å². The number of H-pyrrole nitrogens is 1. The van der Waals surface area contributed by atoms with E-state index in [9.17, 15) is 0 Å². The zero-order valence-electron chi connectivity index (χ0n) is 19.5. The van der Waals surface area contributed by atoms with E-state index in [1.54, 1.807) is 0 Å². The van der Waals surface area contributed by atoms with E-state index in [-0.39, 0.29) is 0 Å². The highest BCUT2D eigenvalue weighted by Crippen LogP contribution is 2.37. The van der Waals surface area contributed by atoms with Crippen LogP contribution in [0.2, 0.25) is 0 Å². The van der Waals surface area contributed by atoms with Crippen molar-refractivity contribution < 1.29 is 0 Å². The van der Waals surface area contributed by atoms with Gasteiger partial charge in [-0.3, -0.25) is 9.67 Å².